The van der Waals surface area contributed by atoms with Gasteiger partial charge in [-0.05, 0) is 93.2 Å². The van der Waals surface area contributed by atoms with Crippen LogP contribution in [-0.4, -0.2) is 41.2 Å². The van der Waals surface area contributed by atoms with Crippen molar-refractivity contribution in [2.45, 2.75) is 20.8 Å². The highest BCUT2D eigenvalue weighted by Crippen LogP contribution is 2.27. The largest absolute Gasteiger partial charge is 0.497 e. The van der Waals surface area contributed by atoms with Crippen LogP contribution in [0.25, 0.3) is 11.8 Å². The molecule has 36 heavy (non-hydrogen) atoms. The van der Waals surface area contributed by atoms with Gasteiger partial charge in [0.1, 0.15) is 11.3 Å². The minimum Gasteiger partial charge on any atom is -0.497 e. The Morgan fingerprint density at radius 3 is 2.44 bits per heavy atom. The second kappa shape index (κ2) is 10.2. The summed E-state index contributed by atoms with van der Waals surface area (Å²) in [5.41, 5.74) is 4.03. The third kappa shape index (κ3) is 4.65. The van der Waals surface area contributed by atoms with E-state index in [1.807, 2.05) is 30.5 Å². The van der Waals surface area contributed by atoms with Crippen molar-refractivity contribution in [2.75, 3.05) is 18.6 Å². The van der Waals surface area contributed by atoms with Crippen LogP contribution >= 0.6 is 12.2 Å². The summed E-state index contributed by atoms with van der Waals surface area (Å²) in [5, 5.41) is 2.61. The highest BCUT2D eigenvalue weighted by molar-refractivity contribution is 7.80. The fraction of sp³-hybridized carbons (Fsp3) is 0.185. The molecule has 0 aliphatic carbocycles. The van der Waals surface area contributed by atoms with E-state index in [1.54, 1.807) is 62.6 Å². The average Bonchev–Trinajstić information content (AvgIpc) is 3.14. The first-order chi connectivity index (χ1) is 17.2. The topological polar surface area (TPSA) is 89.9 Å². The Bertz CT molecular complexity index is 1410. The maximum Gasteiger partial charge on any atom is 0.338 e. The molecular formula is C27H25N3O5S. The second-order valence-electron chi connectivity index (χ2n) is 8.09. The molecule has 0 bridgehead atoms. The Morgan fingerprint density at radius 2 is 1.78 bits per heavy atom. The van der Waals surface area contributed by atoms with E-state index >= 15 is 0 Å². The van der Waals surface area contributed by atoms with Crippen LogP contribution in [0.15, 0.2) is 60.2 Å². The van der Waals surface area contributed by atoms with Gasteiger partial charge in [0.2, 0.25) is 0 Å². The highest BCUT2D eigenvalue weighted by atomic mass is 32.1. The van der Waals surface area contributed by atoms with E-state index in [4.69, 9.17) is 21.7 Å². The Labute approximate surface area is 214 Å². The molecule has 9 heteroatoms. The van der Waals surface area contributed by atoms with Crippen LogP contribution in [0, 0.1) is 13.8 Å². The van der Waals surface area contributed by atoms with Crippen molar-refractivity contribution in [2.24, 2.45) is 0 Å². The third-order valence-electron chi connectivity index (χ3n) is 5.82. The number of methoxy groups -OCH3 is 1. The van der Waals surface area contributed by atoms with E-state index < -0.39 is 17.8 Å². The number of carbonyl (C=O) groups is 3. The molecule has 0 atom stereocenters. The molecule has 1 fully saturated rings. The summed E-state index contributed by atoms with van der Waals surface area (Å²) in [6.07, 6.45) is 1.56. The van der Waals surface area contributed by atoms with Gasteiger partial charge in [-0.1, -0.05) is 6.07 Å². The number of rotatable bonds is 6. The van der Waals surface area contributed by atoms with E-state index in [2.05, 4.69) is 5.32 Å². The molecule has 0 radical (unpaired) electrons. The van der Waals surface area contributed by atoms with Gasteiger partial charge < -0.3 is 14.0 Å². The molecule has 1 aliphatic rings. The van der Waals surface area contributed by atoms with Gasteiger partial charge >= 0.3 is 5.97 Å². The van der Waals surface area contributed by atoms with Gasteiger partial charge in [0.15, 0.2) is 5.11 Å². The standard InChI is InChI=1S/C27H25N3O5S/c1-5-35-26(33)18-7-6-8-21(14-18)29-16(2)13-19(17(29)3)15-23-24(31)28-27(36)30(25(23)32)20-9-11-22(34-4)12-10-20/h6-15H,5H2,1-4H3,(H,28,31,36)/b23-15+. The Morgan fingerprint density at radius 1 is 1.06 bits per heavy atom. The summed E-state index contributed by atoms with van der Waals surface area (Å²) in [7, 11) is 1.55. The number of hydrogen-bond donors (Lipinski definition) is 1. The molecule has 8 nitrogen and oxygen atoms in total. The van der Waals surface area contributed by atoms with Crippen LogP contribution in [0.2, 0.25) is 0 Å². The average molecular weight is 504 g/mol. The molecule has 0 unspecified atom stereocenters. The number of nitrogens with one attached hydrogen (secondary N) is 1. The lowest BCUT2D eigenvalue weighted by atomic mass is 10.1. The van der Waals surface area contributed by atoms with Gasteiger partial charge in [0.05, 0.1) is 25.0 Å². The van der Waals surface area contributed by atoms with E-state index in [0.29, 0.717) is 22.6 Å². The molecule has 0 spiro atoms. The smallest absolute Gasteiger partial charge is 0.338 e. The van der Waals surface area contributed by atoms with Crippen LogP contribution in [0.5, 0.6) is 5.75 Å². The molecule has 2 heterocycles. The zero-order valence-electron chi connectivity index (χ0n) is 20.3. The summed E-state index contributed by atoms with van der Waals surface area (Å²) in [6.45, 7) is 5.84. The highest BCUT2D eigenvalue weighted by Gasteiger charge is 2.34. The SMILES string of the molecule is CCOC(=O)c1cccc(-n2c(C)cc(/C=C3\C(=O)NC(=S)N(c4ccc(OC)cc4)C3=O)c2C)c1. The predicted octanol–water partition coefficient (Wildman–Crippen LogP) is 4.11. The van der Waals surface area contributed by atoms with E-state index in [9.17, 15) is 14.4 Å². The molecule has 1 aliphatic heterocycles. The molecule has 2 amide bonds. The Kier molecular flexibility index (Phi) is 7.03. The van der Waals surface area contributed by atoms with Crippen LogP contribution in [0.4, 0.5) is 5.69 Å². The number of anilines is 1. The number of benzene rings is 2. The lowest BCUT2D eigenvalue weighted by Gasteiger charge is -2.29. The molecule has 1 saturated heterocycles. The summed E-state index contributed by atoms with van der Waals surface area (Å²) in [5.74, 6) is -0.858. The summed E-state index contributed by atoms with van der Waals surface area (Å²) in [6, 6.07) is 15.8. The minimum absolute atomic E-state index is 0.00793. The Balaban J connectivity index is 1.71. The van der Waals surface area contributed by atoms with Crippen molar-refractivity contribution in [3.05, 3.63) is 82.7 Å². The number of amides is 2. The van der Waals surface area contributed by atoms with E-state index in [0.717, 1.165) is 17.1 Å². The molecule has 0 saturated carbocycles. The zero-order valence-corrected chi connectivity index (χ0v) is 21.1. The summed E-state index contributed by atoms with van der Waals surface area (Å²) in [4.78, 5) is 39.6. The first-order valence-electron chi connectivity index (χ1n) is 11.3. The van der Waals surface area contributed by atoms with Crippen molar-refractivity contribution in [1.82, 2.24) is 9.88 Å². The van der Waals surface area contributed by atoms with Gasteiger partial charge in [-0.2, -0.15) is 0 Å². The van der Waals surface area contributed by atoms with Crippen molar-refractivity contribution in [1.29, 1.82) is 0 Å². The number of carbonyl (C=O) groups excluding carboxylic acids is 3. The van der Waals surface area contributed by atoms with Crippen LogP contribution in [0.1, 0.15) is 34.2 Å². The molecule has 2 aromatic carbocycles. The predicted molar refractivity (Wildman–Crippen MR) is 140 cm³/mol. The molecular weight excluding hydrogens is 478 g/mol. The number of hydrogen-bond acceptors (Lipinski definition) is 6. The van der Waals surface area contributed by atoms with Crippen molar-refractivity contribution < 1.29 is 23.9 Å². The van der Waals surface area contributed by atoms with Gasteiger partial charge in [-0.25, -0.2) is 4.79 Å². The number of nitrogens with zero attached hydrogens (tertiary/aromatic N) is 2. The summed E-state index contributed by atoms with van der Waals surface area (Å²) < 4.78 is 12.2. The van der Waals surface area contributed by atoms with Crippen molar-refractivity contribution >= 4 is 46.9 Å². The van der Waals surface area contributed by atoms with Crippen LogP contribution in [0.3, 0.4) is 0 Å². The molecule has 184 valence electrons. The first kappa shape index (κ1) is 24.9. The van der Waals surface area contributed by atoms with Crippen molar-refractivity contribution in [3.63, 3.8) is 0 Å². The number of esters is 1. The number of aryl methyl sites for hydroxylation is 1. The van der Waals surface area contributed by atoms with Gasteiger partial charge in [-0.3, -0.25) is 19.8 Å². The second-order valence-corrected chi connectivity index (χ2v) is 8.48. The Hall–Kier alpha value is -4.24. The van der Waals surface area contributed by atoms with Gasteiger partial charge in [-0.15, -0.1) is 0 Å². The third-order valence-corrected chi connectivity index (χ3v) is 6.10. The number of aromatic nitrogens is 1. The van der Waals surface area contributed by atoms with Gasteiger partial charge in [0.25, 0.3) is 11.8 Å². The zero-order chi connectivity index (χ0) is 26.0. The van der Waals surface area contributed by atoms with E-state index in [1.165, 1.54) is 4.90 Å². The maximum atomic E-state index is 13.4. The number of thiocarbonyl (C=S) groups is 1. The van der Waals surface area contributed by atoms with Crippen molar-refractivity contribution in [3.8, 4) is 11.4 Å². The van der Waals surface area contributed by atoms with Crippen LogP contribution in [-0.2, 0) is 14.3 Å². The fourth-order valence-corrected chi connectivity index (χ4v) is 4.38. The molecule has 3 aromatic rings. The molecule has 1 aromatic heterocycles. The molecule has 4 rings (SSSR count). The van der Waals surface area contributed by atoms with Gasteiger partial charge in [0, 0.05) is 17.1 Å². The fourth-order valence-electron chi connectivity index (χ4n) is 4.10. The quantitative estimate of drug-likeness (QED) is 0.236. The monoisotopic (exact) mass is 503 g/mol. The normalized spacial score (nSPS) is 14.7. The summed E-state index contributed by atoms with van der Waals surface area (Å²) >= 11 is 5.28. The lowest BCUT2D eigenvalue weighted by Crippen LogP contribution is -2.54. The number of ether oxygens (including phenoxy) is 2. The lowest BCUT2D eigenvalue weighted by molar-refractivity contribution is -0.122. The van der Waals surface area contributed by atoms with Crippen LogP contribution < -0.4 is 15.0 Å². The maximum absolute atomic E-state index is 13.4. The first-order valence-corrected chi connectivity index (χ1v) is 11.7. The van der Waals surface area contributed by atoms with E-state index in [-0.39, 0.29) is 17.3 Å². The minimum atomic E-state index is -0.566. The molecule has 1 N–H and O–H groups in total.